The van der Waals surface area contributed by atoms with Crippen LogP contribution >= 0.6 is 0 Å². The Bertz CT molecular complexity index is 1420. The quantitative estimate of drug-likeness (QED) is 0.463. The highest BCUT2D eigenvalue weighted by atomic mass is 16.5. The van der Waals surface area contributed by atoms with Crippen molar-refractivity contribution in [2.45, 2.75) is 39.5 Å². The summed E-state index contributed by atoms with van der Waals surface area (Å²) in [6.45, 7) is 8.57. The van der Waals surface area contributed by atoms with Gasteiger partial charge in [0.1, 0.15) is 11.3 Å². The molecule has 2 aromatic carbocycles. The van der Waals surface area contributed by atoms with Gasteiger partial charge in [-0.25, -0.2) is 4.79 Å². The van der Waals surface area contributed by atoms with Crippen molar-refractivity contribution >= 4 is 28.2 Å². The summed E-state index contributed by atoms with van der Waals surface area (Å²) in [5.74, 6) is 0.690. The zero-order valence-electron chi connectivity index (χ0n) is 19.0. The van der Waals surface area contributed by atoms with E-state index in [2.05, 4.69) is 60.1 Å². The molecule has 4 aromatic rings. The minimum Gasteiger partial charge on any atom is -0.497 e. The Morgan fingerprint density at radius 3 is 2.44 bits per heavy atom. The molecule has 166 valence electrons. The van der Waals surface area contributed by atoms with Crippen molar-refractivity contribution in [3.05, 3.63) is 74.4 Å². The standard InChI is InChI=1S/C25H28N4O3/c1-15(12-16-6-8-17(9-7-16)25(2,3)4)14-26-29-23(30)22-21(28-24(29)31)19-13-18(32-5)10-11-20(19)27-22/h6-11,13-15,27H,12H2,1-5H3,(H,28,31)/b26-14+. The van der Waals surface area contributed by atoms with Crippen LogP contribution in [0.3, 0.4) is 0 Å². The van der Waals surface area contributed by atoms with Crippen molar-refractivity contribution in [2.75, 3.05) is 7.11 Å². The molecule has 0 aliphatic carbocycles. The number of ether oxygens (including phenoxy) is 1. The molecular weight excluding hydrogens is 404 g/mol. The summed E-state index contributed by atoms with van der Waals surface area (Å²) in [5, 5.41) is 4.92. The molecule has 0 radical (unpaired) electrons. The highest BCUT2D eigenvalue weighted by Gasteiger charge is 2.15. The lowest BCUT2D eigenvalue weighted by molar-refractivity contribution is 0.415. The van der Waals surface area contributed by atoms with Crippen LogP contribution in [0, 0.1) is 5.92 Å². The first kappa shape index (κ1) is 21.6. The van der Waals surface area contributed by atoms with Gasteiger partial charge in [0.2, 0.25) is 0 Å². The van der Waals surface area contributed by atoms with Crippen LogP contribution in [0.25, 0.3) is 21.9 Å². The molecule has 0 spiro atoms. The third kappa shape index (κ3) is 4.10. The Hall–Kier alpha value is -3.61. The Balaban J connectivity index is 1.61. The second-order valence-electron chi connectivity index (χ2n) is 9.23. The molecule has 0 aliphatic heterocycles. The molecule has 1 atom stereocenters. The van der Waals surface area contributed by atoms with Crippen molar-refractivity contribution in [3.63, 3.8) is 0 Å². The van der Waals surface area contributed by atoms with Gasteiger partial charge in [-0.2, -0.15) is 5.10 Å². The predicted molar refractivity (Wildman–Crippen MR) is 129 cm³/mol. The lowest BCUT2D eigenvalue weighted by Crippen LogP contribution is -2.32. The summed E-state index contributed by atoms with van der Waals surface area (Å²) < 4.78 is 6.12. The third-order valence-electron chi connectivity index (χ3n) is 5.65. The van der Waals surface area contributed by atoms with Gasteiger partial charge in [-0.1, -0.05) is 52.0 Å². The number of fused-ring (bicyclic) bond motifs is 3. The van der Waals surface area contributed by atoms with E-state index in [4.69, 9.17) is 4.74 Å². The average molecular weight is 433 g/mol. The molecule has 0 saturated carbocycles. The lowest BCUT2D eigenvalue weighted by atomic mass is 9.86. The van der Waals surface area contributed by atoms with Gasteiger partial charge in [0.15, 0.2) is 0 Å². The number of nitrogens with zero attached hydrogens (tertiary/aromatic N) is 2. The highest BCUT2D eigenvalue weighted by Crippen LogP contribution is 2.25. The van der Waals surface area contributed by atoms with E-state index in [0.717, 1.165) is 22.0 Å². The van der Waals surface area contributed by atoms with Gasteiger partial charge in [0.25, 0.3) is 0 Å². The van der Waals surface area contributed by atoms with Crippen LogP contribution in [0.2, 0.25) is 0 Å². The molecule has 7 heteroatoms. The monoisotopic (exact) mass is 432 g/mol. The summed E-state index contributed by atoms with van der Waals surface area (Å²) in [7, 11) is 1.57. The Morgan fingerprint density at radius 1 is 1.06 bits per heavy atom. The number of H-pyrrole nitrogens is 2. The molecule has 1 unspecified atom stereocenters. The highest BCUT2D eigenvalue weighted by molar-refractivity contribution is 6.04. The van der Waals surface area contributed by atoms with E-state index in [0.29, 0.717) is 16.8 Å². The van der Waals surface area contributed by atoms with Crippen LogP contribution in [-0.2, 0) is 11.8 Å². The summed E-state index contributed by atoms with van der Waals surface area (Å²) in [4.78, 5) is 31.4. The van der Waals surface area contributed by atoms with Gasteiger partial charge in [0, 0.05) is 17.1 Å². The molecule has 2 N–H and O–H groups in total. The maximum absolute atomic E-state index is 12.9. The maximum Gasteiger partial charge on any atom is 0.350 e. The van der Waals surface area contributed by atoms with Crippen molar-refractivity contribution in [1.82, 2.24) is 14.6 Å². The molecule has 2 heterocycles. The number of nitrogens with one attached hydrogen (secondary N) is 2. The number of aromatic nitrogens is 3. The first-order chi connectivity index (χ1) is 15.2. The van der Waals surface area contributed by atoms with E-state index in [1.54, 1.807) is 25.5 Å². The van der Waals surface area contributed by atoms with Crippen LogP contribution in [0.4, 0.5) is 0 Å². The first-order valence-corrected chi connectivity index (χ1v) is 10.7. The van der Waals surface area contributed by atoms with Crippen molar-refractivity contribution < 1.29 is 4.74 Å². The molecule has 0 saturated heterocycles. The molecule has 0 bridgehead atoms. The normalized spacial score (nSPS) is 13.3. The zero-order chi connectivity index (χ0) is 23.0. The maximum atomic E-state index is 12.9. The SMILES string of the molecule is COc1ccc2[nH]c3c(=O)n(/N=C/C(C)Cc4ccc(C(C)(C)C)cc4)c(=O)[nH]c3c2c1. The number of aromatic amines is 2. The van der Waals surface area contributed by atoms with Crippen LogP contribution in [0.1, 0.15) is 38.8 Å². The van der Waals surface area contributed by atoms with E-state index in [-0.39, 0.29) is 11.3 Å². The van der Waals surface area contributed by atoms with Crippen molar-refractivity contribution in [3.8, 4) is 5.75 Å². The van der Waals surface area contributed by atoms with E-state index in [1.807, 2.05) is 13.0 Å². The smallest absolute Gasteiger partial charge is 0.350 e. The molecule has 0 fully saturated rings. The second-order valence-corrected chi connectivity index (χ2v) is 9.23. The number of hydrogen-bond donors (Lipinski definition) is 2. The lowest BCUT2D eigenvalue weighted by Gasteiger charge is -2.19. The van der Waals surface area contributed by atoms with E-state index in [1.165, 1.54) is 11.1 Å². The van der Waals surface area contributed by atoms with Crippen molar-refractivity contribution in [1.29, 1.82) is 0 Å². The van der Waals surface area contributed by atoms with Gasteiger partial charge in [-0.3, -0.25) is 4.79 Å². The van der Waals surface area contributed by atoms with Gasteiger partial charge < -0.3 is 14.7 Å². The summed E-state index contributed by atoms with van der Waals surface area (Å²) >= 11 is 0. The number of rotatable bonds is 5. The average Bonchev–Trinajstić information content (AvgIpc) is 3.11. The Morgan fingerprint density at radius 2 is 1.78 bits per heavy atom. The summed E-state index contributed by atoms with van der Waals surface area (Å²) in [6.07, 6.45) is 2.40. The zero-order valence-corrected chi connectivity index (χ0v) is 19.0. The van der Waals surface area contributed by atoms with E-state index in [9.17, 15) is 9.59 Å². The molecule has 4 rings (SSSR count). The third-order valence-corrected chi connectivity index (χ3v) is 5.65. The predicted octanol–water partition coefficient (Wildman–Crippen LogP) is 4.19. The van der Waals surface area contributed by atoms with Gasteiger partial charge in [-0.05, 0) is 47.1 Å². The van der Waals surface area contributed by atoms with Crippen LogP contribution in [-0.4, -0.2) is 28.0 Å². The Kier molecular flexibility index (Phi) is 5.50. The van der Waals surface area contributed by atoms with E-state index >= 15 is 0 Å². The summed E-state index contributed by atoms with van der Waals surface area (Å²) in [5.41, 5.74) is 2.99. The fraction of sp³-hybridized carbons (Fsp3) is 0.320. The van der Waals surface area contributed by atoms with E-state index < -0.39 is 11.2 Å². The fourth-order valence-electron chi connectivity index (χ4n) is 3.80. The molecular formula is C25H28N4O3. The molecule has 0 aliphatic rings. The second kappa shape index (κ2) is 8.15. The molecule has 0 amide bonds. The molecule has 7 nitrogen and oxygen atoms in total. The Labute approximate surface area is 185 Å². The largest absolute Gasteiger partial charge is 0.497 e. The minimum absolute atomic E-state index is 0.0458. The summed E-state index contributed by atoms with van der Waals surface area (Å²) in [6, 6.07) is 13.9. The number of hydrogen-bond acceptors (Lipinski definition) is 4. The molecule has 2 aromatic heterocycles. The number of benzene rings is 2. The van der Waals surface area contributed by atoms with Crippen LogP contribution in [0.15, 0.2) is 57.2 Å². The van der Waals surface area contributed by atoms with Gasteiger partial charge in [-0.15, -0.1) is 4.68 Å². The topological polar surface area (TPSA) is 92.2 Å². The molecule has 32 heavy (non-hydrogen) atoms. The van der Waals surface area contributed by atoms with Gasteiger partial charge in [0.05, 0.1) is 12.6 Å². The minimum atomic E-state index is -0.579. The van der Waals surface area contributed by atoms with Crippen molar-refractivity contribution in [2.24, 2.45) is 11.0 Å². The number of methoxy groups -OCH3 is 1. The first-order valence-electron chi connectivity index (χ1n) is 10.7. The van der Waals surface area contributed by atoms with Gasteiger partial charge >= 0.3 is 11.2 Å². The van der Waals surface area contributed by atoms with Crippen LogP contribution < -0.4 is 16.0 Å². The fourth-order valence-corrected chi connectivity index (χ4v) is 3.80. The van der Waals surface area contributed by atoms with Crippen LogP contribution in [0.5, 0.6) is 5.75 Å².